The molecule has 2 aromatic rings. The van der Waals surface area contributed by atoms with E-state index in [1.165, 1.54) is 11.0 Å². The molecule has 0 saturated carbocycles. The Balaban J connectivity index is 1.62. The molecule has 1 atom stereocenters. The number of nitrogens with zero attached hydrogens (tertiary/aromatic N) is 4. The summed E-state index contributed by atoms with van der Waals surface area (Å²) in [6.45, 7) is 2.10. The van der Waals surface area contributed by atoms with Gasteiger partial charge in [-0.25, -0.2) is 4.68 Å². The predicted octanol–water partition coefficient (Wildman–Crippen LogP) is 0.161. The first kappa shape index (κ1) is 15.6. The van der Waals surface area contributed by atoms with Crippen molar-refractivity contribution < 1.29 is 9.53 Å². The van der Waals surface area contributed by atoms with Crippen molar-refractivity contribution in [3.63, 3.8) is 0 Å². The molecular formula is C15H20N6O2. The van der Waals surface area contributed by atoms with Crippen molar-refractivity contribution >= 4 is 5.91 Å². The quantitative estimate of drug-likeness (QED) is 0.788. The lowest BCUT2D eigenvalue weighted by atomic mass is 9.98. The predicted molar refractivity (Wildman–Crippen MR) is 83.3 cm³/mol. The minimum Gasteiger partial charge on any atom is -0.383 e. The molecule has 1 fully saturated rings. The summed E-state index contributed by atoms with van der Waals surface area (Å²) in [7, 11) is 1.68. The number of nitrogens with one attached hydrogen (secondary N) is 2. The first-order valence-electron chi connectivity index (χ1n) is 7.58. The molecule has 0 bridgehead atoms. The summed E-state index contributed by atoms with van der Waals surface area (Å²) in [5.74, 6) is -0.0996. The second-order valence-electron chi connectivity index (χ2n) is 5.73. The number of ether oxygens (including phenoxy) is 1. The molecule has 1 aromatic carbocycles. The number of benzene rings is 1. The highest BCUT2D eigenvalue weighted by molar-refractivity contribution is 5.94. The van der Waals surface area contributed by atoms with Crippen molar-refractivity contribution in [2.45, 2.75) is 18.4 Å². The van der Waals surface area contributed by atoms with E-state index < -0.39 is 0 Å². The minimum absolute atomic E-state index is 0.0996. The van der Waals surface area contributed by atoms with Gasteiger partial charge in [0.25, 0.3) is 5.91 Å². The van der Waals surface area contributed by atoms with Gasteiger partial charge in [0, 0.05) is 19.2 Å². The van der Waals surface area contributed by atoms with E-state index in [1.54, 1.807) is 19.2 Å². The molecule has 1 aromatic heterocycles. The number of tetrazole rings is 1. The Labute approximate surface area is 134 Å². The summed E-state index contributed by atoms with van der Waals surface area (Å²) in [6, 6.07) is 7.14. The van der Waals surface area contributed by atoms with Crippen LogP contribution in [0, 0.1) is 0 Å². The first-order valence-corrected chi connectivity index (χ1v) is 7.58. The van der Waals surface area contributed by atoms with Crippen molar-refractivity contribution in [1.29, 1.82) is 0 Å². The maximum atomic E-state index is 12.3. The molecule has 122 valence electrons. The summed E-state index contributed by atoms with van der Waals surface area (Å²) in [5, 5.41) is 17.4. The zero-order valence-corrected chi connectivity index (χ0v) is 13.0. The van der Waals surface area contributed by atoms with E-state index in [-0.39, 0.29) is 11.4 Å². The molecular weight excluding hydrogens is 296 g/mol. The van der Waals surface area contributed by atoms with E-state index in [9.17, 15) is 4.79 Å². The lowest BCUT2D eigenvalue weighted by Crippen LogP contribution is -2.52. The molecule has 0 aliphatic carbocycles. The van der Waals surface area contributed by atoms with Crippen LogP contribution in [0.3, 0.4) is 0 Å². The molecule has 2 N–H and O–H groups in total. The lowest BCUT2D eigenvalue weighted by Gasteiger charge is -2.28. The van der Waals surface area contributed by atoms with Crippen LogP contribution in [0.25, 0.3) is 5.69 Å². The fourth-order valence-corrected chi connectivity index (χ4v) is 2.87. The van der Waals surface area contributed by atoms with Crippen LogP contribution in [-0.4, -0.2) is 58.5 Å². The fourth-order valence-electron chi connectivity index (χ4n) is 2.87. The molecule has 1 saturated heterocycles. The standard InChI is InChI=1S/C15H20N6O2/c1-23-10-15(7-2-8-17-15)9-16-14(22)12-3-5-13(6-4-12)21-11-18-19-20-21/h3-6,11,17H,2,7-10H2,1H3,(H,16,22). The van der Waals surface area contributed by atoms with Crippen LogP contribution in [0.4, 0.5) is 0 Å². The zero-order chi connectivity index (χ0) is 16.1. The third-order valence-electron chi connectivity index (χ3n) is 4.08. The van der Waals surface area contributed by atoms with E-state index in [0.29, 0.717) is 18.7 Å². The molecule has 23 heavy (non-hydrogen) atoms. The number of hydrogen-bond donors (Lipinski definition) is 2. The van der Waals surface area contributed by atoms with Gasteiger partial charge in [0.05, 0.1) is 17.8 Å². The van der Waals surface area contributed by atoms with E-state index in [4.69, 9.17) is 4.74 Å². The SMILES string of the molecule is COCC1(CNC(=O)c2ccc(-n3cnnn3)cc2)CCCN1. The van der Waals surface area contributed by atoms with Crippen molar-refractivity contribution in [3.8, 4) is 5.69 Å². The third kappa shape index (κ3) is 3.54. The first-order chi connectivity index (χ1) is 11.2. The highest BCUT2D eigenvalue weighted by atomic mass is 16.5. The zero-order valence-electron chi connectivity index (χ0n) is 13.0. The number of carbonyl (C=O) groups is 1. The largest absolute Gasteiger partial charge is 0.383 e. The van der Waals surface area contributed by atoms with Gasteiger partial charge in [0.15, 0.2) is 0 Å². The van der Waals surface area contributed by atoms with Crippen LogP contribution < -0.4 is 10.6 Å². The third-order valence-corrected chi connectivity index (χ3v) is 4.08. The van der Waals surface area contributed by atoms with Crippen molar-refractivity contribution in [3.05, 3.63) is 36.2 Å². The average Bonchev–Trinajstić information content (AvgIpc) is 3.26. The molecule has 2 heterocycles. The van der Waals surface area contributed by atoms with Gasteiger partial charge < -0.3 is 15.4 Å². The van der Waals surface area contributed by atoms with Gasteiger partial charge in [0.1, 0.15) is 6.33 Å². The monoisotopic (exact) mass is 316 g/mol. The Hall–Kier alpha value is -2.32. The number of carbonyl (C=O) groups excluding carboxylic acids is 1. The Morgan fingerprint density at radius 1 is 1.43 bits per heavy atom. The van der Waals surface area contributed by atoms with Crippen LogP contribution in [0.15, 0.2) is 30.6 Å². The molecule has 3 rings (SSSR count). The minimum atomic E-state index is -0.156. The number of amides is 1. The normalized spacial score (nSPS) is 20.6. The highest BCUT2D eigenvalue weighted by Crippen LogP contribution is 2.19. The summed E-state index contributed by atoms with van der Waals surface area (Å²) < 4.78 is 6.83. The number of hydrogen-bond acceptors (Lipinski definition) is 6. The van der Waals surface area contributed by atoms with Crippen LogP contribution in [0.2, 0.25) is 0 Å². The van der Waals surface area contributed by atoms with Gasteiger partial charge in [0.2, 0.25) is 0 Å². The molecule has 0 radical (unpaired) electrons. The van der Waals surface area contributed by atoms with E-state index in [2.05, 4.69) is 26.2 Å². The van der Waals surface area contributed by atoms with Gasteiger partial charge in [-0.1, -0.05) is 0 Å². The van der Waals surface area contributed by atoms with Crippen LogP contribution >= 0.6 is 0 Å². The second kappa shape index (κ2) is 6.84. The van der Waals surface area contributed by atoms with E-state index >= 15 is 0 Å². The van der Waals surface area contributed by atoms with Gasteiger partial charge in [-0.3, -0.25) is 4.79 Å². The summed E-state index contributed by atoms with van der Waals surface area (Å²) in [4.78, 5) is 12.3. The molecule has 0 spiro atoms. The Morgan fingerprint density at radius 3 is 2.87 bits per heavy atom. The Morgan fingerprint density at radius 2 is 2.26 bits per heavy atom. The molecule has 1 amide bonds. The Bertz CT molecular complexity index is 634. The Kier molecular flexibility index (Phi) is 4.63. The van der Waals surface area contributed by atoms with Gasteiger partial charge in [-0.05, 0) is 54.1 Å². The topological polar surface area (TPSA) is 94.0 Å². The molecule has 8 nitrogen and oxygen atoms in total. The highest BCUT2D eigenvalue weighted by Gasteiger charge is 2.33. The summed E-state index contributed by atoms with van der Waals surface area (Å²) in [5.41, 5.74) is 1.25. The van der Waals surface area contributed by atoms with Crippen molar-refractivity contribution in [2.24, 2.45) is 0 Å². The second-order valence-corrected chi connectivity index (χ2v) is 5.73. The maximum absolute atomic E-state index is 12.3. The molecule has 8 heteroatoms. The van der Waals surface area contributed by atoms with Crippen LogP contribution in [0.1, 0.15) is 23.2 Å². The molecule has 1 aliphatic rings. The van der Waals surface area contributed by atoms with Crippen LogP contribution in [0.5, 0.6) is 0 Å². The summed E-state index contributed by atoms with van der Waals surface area (Å²) >= 11 is 0. The lowest BCUT2D eigenvalue weighted by molar-refractivity contribution is 0.0892. The van der Waals surface area contributed by atoms with E-state index in [1.807, 2.05) is 12.1 Å². The molecule has 1 aliphatic heterocycles. The van der Waals surface area contributed by atoms with E-state index in [0.717, 1.165) is 25.1 Å². The maximum Gasteiger partial charge on any atom is 0.251 e. The van der Waals surface area contributed by atoms with Gasteiger partial charge in [-0.2, -0.15) is 0 Å². The number of methoxy groups -OCH3 is 1. The van der Waals surface area contributed by atoms with Gasteiger partial charge in [-0.15, -0.1) is 5.10 Å². The fraction of sp³-hybridized carbons (Fsp3) is 0.467. The smallest absolute Gasteiger partial charge is 0.251 e. The number of rotatable bonds is 6. The van der Waals surface area contributed by atoms with Crippen LogP contribution in [-0.2, 0) is 4.74 Å². The van der Waals surface area contributed by atoms with Gasteiger partial charge >= 0.3 is 0 Å². The van der Waals surface area contributed by atoms with Crippen molar-refractivity contribution in [1.82, 2.24) is 30.8 Å². The number of aromatic nitrogens is 4. The summed E-state index contributed by atoms with van der Waals surface area (Å²) in [6.07, 6.45) is 3.61. The molecule has 1 unspecified atom stereocenters. The average molecular weight is 316 g/mol. The van der Waals surface area contributed by atoms with Crippen molar-refractivity contribution in [2.75, 3.05) is 26.8 Å².